The normalized spacial score (nSPS) is 11.3. The van der Waals surface area contributed by atoms with E-state index in [0.29, 0.717) is 12.8 Å². The molecule has 0 aromatic heterocycles. The van der Waals surface area contributed by atoms with Crippen LogP contribution in [0.25, 0.3) is 0 Å². The summed E-state index contributed by atoms with van der Waals surface area (Å²) < 4.78 is 0. The number of carboxylic acids is 1. The Morgan fingerprint density at radius 3 is 1.72 bits per heavy atom. The third-order valence-corrected chi connectivity index (χ3v) is 3.64. The van der Waals surface area contributed by atoms with Gasteiger partial charge in [0.25, 0.3) is 0 Å². The molecule has 0 fully saturated rings. The van der Waals surface area contributed by atoms with Crippen molar-refractivity contribution in [2.75, 3.05) is 13.1 Å². The first-order valence-electron chi connectivity index (χ1n) is 6.98. The van der Waals surface area contributed by atoms with Gasteiger partial charge in [-0.3, -0.25) is 9.59 Å². The van der Waals surface area contributed by atoms with Gasteiger partial charge in [-0.1, -0.05) is 27.7 Å². The number of hydrogen-bond donors (Lipinski definition) is 1. The summed E-state index contributed by atoms with van der Waals surface area (Å²) in [5.41, 5.74) is -0.892. The lowest BCUT2D eigenvalue weighted by molar-refractivity contribution is -0.154. The minimum atomic E-state index is -0.892. The van der Waals surface area contributed by atoms with Gasteiger partial charge in [0.15, 0.2) is 0 Å². The number of rotatable bonds is 9. The summed E-state index contributed by atoms with van der Waals surface area (Å²) in [5.74, 6) is -0.876. The molecule has 0 aromatic rings. The molecule has 0 radical (unpaired) electrons. The van der Waals surface area contributed by atoms with E-state index in [2.05, 4.69) is 0 Å². The zero-order valence-corrected chi connectivity index (χ0v) is 12.2. The highest BCUT2D eigenvalue weighted by Crippen LogP contribution is 2.31. The Kier molecular flexibility index (Phi) is 7.64. The number of carboxylic acid groups (broad SMARTS) is 1. The van der Waals surface area contributed by atoms with Crippen molar-refractivity contribution in [1.29, 1.82) is 0 Å². The Morgan fingerprint density at radius 1 is 1.00 bits per heavy atom. The fourth-order valence-corrected chi connectivity index (χ4v) is 2.18. The van der Waals surface area contributed by atoms with E-state index < -0.39 is 11.4 Å². The molecule has 0 heterocycles. The largest absolute Gasteiger partial charge is 0.481 e. The van der Waals surface area contributed by atoms with E-state index in [1.807, 2.05) is 27.7 Å². The van der Waals surface area contributed by atoms with Gasteiger partial charge in [-0.2, -0.15) is 0 Å². The van der Waals surface area contributed by atoms with Gasteiger partial charge in [-0.25, -0.2) is 0 Å². The highest BCUT2D eigenvalue weighted by atomic mass is 16.4. The summed E-state index contributed by atoms with van der Waals surface area (Å²) >= 11 is 0. The molecule has 106 valence electrons. The summed E-state index contributed by atoms with van der Waals surface area (Å²) in [7, 11) is 0. The molecule has 18 heavy (non-hydrogen) atoms. The molecular formula is C14H27NO3. The van der Waals surface area contributed by atoms with E-state index in [-0.39, 0.29) is 12.3 Å². The summed E-state index contributed by atoms with van der Waals surface area (Å²) in [6, 6.07) is 0. The smallest absolute Gasteiger partial charge is 0.310 e. The van der Waals surface area contributed by atoms with Crippen LogP contribution in [-0.4, -0.2) is 35.0 Å². The summed E-state index contributed by atoms with van der Waals surface area (Å²) in [6.07, 6.45) is 2.93. The van der Waals surface area contributed by atoms with Crippen molar-refractivity contribution in [3.8, 4) is 0 Å². The van der Waals surface area contributed by atoms with Gasteiger partial charge in [0, 0.05) is 19.5 Å². The van der Waals surface area contributed by atoms with Gasteiger partial charge < -0.3 is 10.0 Å². The van der Waals surface area contributed by atoms with E-state index >= 15 is 0 Å². The molecule has 0 bridgehead atoms. The van der Waals surface area contributed by atoms with Crippen LogP contribution < -0.4 is 0 Å². The molecule has 0 spiro atoms. The van der Waals surface area contributed by atoms with E-state index in [1.54, 1.807) is 4.90 Å². The molecule has 4 heteroatoms. The third-order valence-electron chi connectivity index (χ3n) is 3.64. The molecule has 0 aromatic carbocycles. The molecule has 0 saturated carbocycles. The molecule has 0 saturated heterocycles. The van der Waals surface area contributed by atoms with Crippen LogP contribution in [0, 0.1) is 5.41 Å². The second-order valence-electron chi connectivity index (χ2n) is 4.85. The van der Waals surface area contributed by atoms with Gasteiger partial charge in [0.2, 0.25) is 5.91 Å². The fourth-order valence-electron chi connectivity index (χ4n) is 2.18. The predicted octanol–water partition coefficient (Wildman–Crippen LogP) is 2.92. The lowest BCUT2D eigenvalue weighted by Crippen LogP contribution is -2.40. The minimum Gasteiger partial charge on any atom is -0.481 e. The number of amides is 1. The maximum Gasteiger partial charge on any atom is 0.310 e. The molecule has 0 aliphatic heterocycles. The van der Waals surface area contributed by atoms with Crippen LogP contribution in [0.1, 0.15) is 59.8 Å². The van der Waals surface area contributed by atoms with E-state index in [1.165, 1.54) is 0 Å². The molecule has 1 amide bonds. The Morgan fingerprint density at radius 2 is 1.44 bits per heavy atom. The summed E-state index contributed by atoms with van der Waals surface area (Å²) in [4.78, 5) is 25.4. The van der Waals surface area contributed by atoms with E-state index in [4.69, 9.17) is 0 Å². The highest BCUT2D eigenvalue weighted by molar-refractivity contribution is 5.85. The number of hydrogen-bond acceptors (Lipinski definition) is 2. The van der Waals surface area contributed by atoms with Crippen LogP contribution in [0.3, 0.4) is 0 Å². The van der Waals surface area contributed by atoms with Crippen molar-refractivity contribution in [3.05, 3.63) is 0 Å². The molecule has 0 atom stereocenters. The van der Waals surface area contributed by atoms with Gasteiger partial charge in [-0.05, 0) is 25.7 Å². The molecule has 0 unspecified atom stereocenters. The van der Waals surface area contributed by atoms with Crippen molar-refractivity contribution in [2.45, 2.75) is 59.8 Å². The van der Waals surface area contributed by atoms with Crippen LogP contribution in [0.4, 0.5) is 0 Å². The zero-order valence-electron chi connectivity index (χ0n) is 12.2. The first-order chi connectivity index (χ1) is 8.47. The van der Waals surface area contributed by atoms with Crippen molar-refractivity contribution in [3.63, 3.8) is 0 Å². The first kappa shape index (κ1) is 16.9. The van der Waals surface area contributed by atoms with Gasteiger partial charge >= 0.3 is 5.97 Å². The first-order valence-corrected chi connectivity index (χ1v) is 6.98. The Labute approximate surface area is 110 Å². The SMILES string of the molecule is CCCN(CCC)C(=O)CC(CC)(CC)C(=O)O. The third kappa shape index (κ3) is 4.31. The number of carbonyl (C=O) groups excluding carboxylic acids is 1. The Balaban J connectivity index is 4.80. The van der Waals surface area contributed by atoms with Gasteiger partial charge in [0.05, 0.1) is 5.41 Å². The van der Waals surface area contributed by atoms with Crippen molar-refractivity contribution in [2.24, 2.45) is 5.41 Å². The quantitative estimate of drug-likeness (QED) is 0.691. The van der Waals surface area contributed by atoms with E-state index in [9.17, 15) is 14.7 Å². The second-order valence-corrected chi connectivity index (χ2v) is 4.85. The molecule has 0 aliphatic carbocycles. The van der Waals surface area contributed by atoms with E-state index in [0.717, 1.165) is 25.9 Å². The van der Waals surface area contributed by atoms with Gasteiger partial charge in [-0.15, -0.1) is 0 Å². The average molecular weight is 257 g/mol. The standard InChI is InChI=1S/C14H27NO3/c1-5-9-15(10-6-2)12(16)11-14(7-3,8-4)13(17)18/h5-11H2,1-4H3,(H,17,18). The summed E-state index contributed by atoms with van der Waals surface area (Å²) in [5, 5.41) is 9.34. The molecular weight excluding hydrogens is 230 g/mol. The maximum absolute atomic E-state index is 12.2. The zero-order chi connectivity index (χ0) is 14.2. The van der Waals surface area contributed by atoms with Gasteiger partial charge in [0.1, 0.15) is 0 Å². The molecule has 1 N–H and O–H groups in total. The van der Waals surface area contributed by atoms with Crippen LogP contribution in [0.15, 0.2) is 0 Å². The van der Waals surface area contributed by atoms with Crippen LogP contribution >= 0.6 is 0 Å². The lowest BCUT2D eigenvalue weighted by Gasteiger charge is -2.30. The highest BCUT2D eigenvalue weighted by Gasteiger charge is 2.38. The fraction of sp³-hybridized carbons (Fsp3) is 0.857. The number of nitrogens with zero attached hydrogens (tertiary/aromatic N) is 1. The maximum atomic E-state index is 12.2. The van der Waals surface area contributed by atoms with Crippen molar-refractivity contribution >= 4 is 11.9 Å². The monoisotopic (exact) mass is 257 g/mol. The van der Waals surface area contributed by atoms with Crippen LogP contribution in [-0.2, 0) is 9.59 Å². The molecule has 0 aliphatic rings. The topological polar surface area (TPSA) is 57.6 Å². The summed E-state index contributed by atoms with van der Waals surface area (Å²) in [6.45, 7) is 9.18. The lowest BCUT2D eigenvalue weighted by atomic mass is 9.79. The molecule has 4 nitrogen and oxygen atoms in total. The van der Waals surface area contributed by atoms with Crippen LogP contribution in [0.2, 0.25) is 0 Å². The van der Waals surface area contributed by atoms with Crippen molar-refractivity contribution < 1.29 is 14.7 Å². The average Bonchev–Trinajstić information content (AvgIpc) is 2.35. The van der Waals surface area contributed by atoms with Crippen molar-refractivity contribution in [1.82, 2.24) is 4.90 Å². The Hall–Kier alpha value is -1.06. The minimum absolute atomic E-state index is 0.0233. The number of aliphatic carboxylic acids is 1. The molecule has 0 rings (SSSR count). The predicted molar refractivity (Wildman–Crippen MR) is 72.4 cm³/mol. The second kappa shape index (κ2) is 8.11. The van der Waals surface area contributed by atoms with Crippen LogP contribution in [0.5, 0.6) is 0 Å². The number of carbonyl (C=O) groups is 2. The Bertz CT molecular complexity index is 266.